The predicted octanol–water partition coefficient (Wildman–Crippen LogP) is 20.0. The molecule has 0 aliphatic heterocycles. The topological polar surface area (TPSA) is 61.4 Å². The summed E-state index contributed by atoms with van der Waals surface area (Å²) in [5.74, 6) is 2.45. The van der Waals surface area contributed by atoms with Crippen LogP contribution >= 0.6 is 0 Å². The highest BCUT2D eigenvalue weighted by molar-refractivity contribution is 6.06. The molecule has 6 nitrogen and oxygen atoms in total. The van der Waals surface area contributed by atoms with E-state index in [4.69, 9.17) is 19.9 Å². The summed E-state index contributed by atoms with van der Waals surface area (Å²) in [6, 6.07) is 108. The van der Waals surface area contributed by atoms with Crippen LogP contribution < -0.4 is 0 Å². The minimum Gasteiger partial charge on any atom is -0.292 e. The maximum absolute atomic E-state index is 5.60. The van der Waals surface area contributed by atoms with E-state index in [1.165, 1.54) is 21.5 Å². The van der Waals surface area contributed by atoms with Crippen LogP contribution in [0.5, 0.6) is 0 Å². The molecule has 392 valence electrons. The van der Waals surface area contributed by atoms with E-state index in [0.29, 0.717) is 5.82 Å². The van der Waals surface area contributed by atoms with Gasteiger partial charge in [0, 0.05) is 44.6 Å². The molecule has 0 fully saturated rings. The second-order valence-electron chi connectivity index (χ2n) is 21.4. The van der Waals surface area contributed by atoms with Gasteiger partial charge in [0.1, 0.15) is 11.6 Å². The lowest BCUT2D eigenvalue weighted by atomic mass is 9.91. The quantitative estimate of drug-likeness (QED) is 0.137. The van der Waals surface area contributed by atoms with Gasteiger partial charge in [-0.3, -0.25) is 9.13 Å². The summed E-state index contributed by atoms with van der Waals surface area (Å²) < 4.78 is 4.50. The highest BCUT2D eigenvalue weighted by Gasteiger charge is 2.21. The summed E-state index contributed by atoms with van der Waals surface area (Å²) in [5.41, 5.74) is 20.5. The molecular formula is C78H50N6. The molecule has 3 aromatic heterocycles. The highest BCUT2D eigenvalue weighted by atomic mass is 15.1. The molecule has 0 spiro atoms. The minimum atomic E-state index is 0.645. The molecule has 16 aromatic rings. The van der Waals surface area contributed by atoms with Crippen molar-refractivity contribution in [2.75, 3.05) is 0 Å². The van der Waals surface area contributed by atoms with Gasteiger partial charge in [-0.1, -0.05) is 231 Å². The molecule has 0 aliphatic rings. The first-order valence-corrected chi connectivity index (χ1v) is 28.4. The van der Waals surface area contributed by atoms with Crippen molar-refractivity contribution in [3.05, 3.63) is 303 Å². The van der Waals surface area contributed by atoms with Gasteiger partial charge in [-0.05, 0) is 133 Å². The van der Waals surface area contributed by atoms with Crippen LogP contribution in [0.3, 0.4) is 0 Å². The Bertz CT molecular complexity index is 5150. The van der Waals surface area contributed by atoms with Gasteiger partial charge in [-0.25, -0.2) is 19.9 Å². The Kier molecular flexibility index (Phi) is 11.8. The van der Waals surface area contributed by atoms with E-state index in [9.17, 15) is 0 Å². The van der Waals surface area contributed by atoms with Gasteiger partial charge in [0.25, 0.3) is 0 Å². The second-order valence-corrected chi connectivity index (χ2v) is 21.4. The standard InChI is InChI=1S/C78H50N6/c1-5-19-57(20-6-1)77-79-70-49-62(41-43-72(70)83(77)66-25-9-3-10-26-66)53-29-35-55(36-30-53)74-69-48-65(61-39-33-51-17-13-15-23-59(51)45-61)47-68(64-40-34-52-18-14-16-24-60(52)46-64)75(69)82-76(81-74)56-37-31-54(32-38-56)63-42-44-73-71(50-63)80-78(58-21-7-2-8-22-58)84(73)67-27-11-4-12-28-67/h1-50H. The molecule has 0 N–H and O–H groups in total. The molecule has 0 unspecified atom stereocenters. The third kappa shape index (κ3) is 8.69. The van der Waals surface area contributed by atoms with E-state index in [-0.39, 0.29) is 0 Å². The molecule has 13 aromatic carbocycles. The van der Waals surface area contributed by atoms with Crippen LogP contribution in [0.25, 0.3) is 156 Å². The third-order valence-corrected chi connectivity index (χ3v) is 16.3. The Balaban J connectivity index is 0.844. The van der Waals surface area contributed by atoms with Crippen LogP contribution in [-0.2, 0) is 0 Å². The summed E-state index contributed by atoms with van der Waals surface area (Å²) in [4.78, 5) is 21.8. The van der Waals surface area contributed by atoms with Crippen molar-refractivity contribution in [3.8, 4) is 101 Å². The van der Waals surface area contributed by atoms with Crippen LogP contribution in [0, 0.1) is 0 Å². The van der Waals surface area contributed by atoms with Crippen molar-refractivity contribution >= 4 is 54.5 Å². The molecule has 0 saturated heterocycles. The molecule has 0 aliphatic carbocycles. The van der Waals surface area contributed by atoms with Crippen LogP contribution in [0.1, 0.15) is 0 Å². The SMILES string of the molecule is c1ccc(-c2nc3cc(-c4ccc(-c5nc(-c6ccc(-c7ccc8c(c7)nc(-c7ccccc7)n8-c7ccccc7)cc6)c6cc(-c7ccc8ccccc8c7)cc(-c7ccc8ccccc8c7)c6n5)cc4)ccc3n2-c2ccccc2)cc1. The van der Waals surface area contributed by atoms with Crippen molar-refractivity contribution in [2.45, 2.75) is 0 Å². The monoisotopic (exact) mass is 1070 g/mol. The van der Waals surface area contributed by atoms with Crippen molar-refractivity contribution in [1.82, 2.24) is 29.1 Å². The fraction of sp³-hybridized carbons (Fsp3) is 0. The molecule has 84 heavy (non-hydrogen) atoms. The van der Waals surface area contributed by atoms with E-state index < -0.39 is 0 Å². The van der Waals surface area contributed by atoms with E-state index >= 15 is 0 Å². The van der Waals surface area contributed by atoms with Gasteiger partial charge in [0.05, 0.1) is 33.3 Å². The van der Waals surface area contributed by atoms with Crippen molar-refractivity contribution in [1.29, 1.82) is 0 Å². The molecule has 16 rings (SSSR count). The second kappa shape index (κ2) is 20.3. The predicted molar refractivity (Wildman–Crippen MR) is 347 cm³/mol. The number of para-hydroxylation sites is 2. The van der Waals surface area contributed by atoms with Crippen LogP contribution in [0.15, 0.2) is 303 Å². The molecular weight excluding hydrogens is 1020 g/mol. The lowest BCUT2D eigenvalue weighted by molar-refractivity contribution is 1.10. The van der Waals surface area contributed by atoms with Gasteiger partial charge in [0.2, 0.25) is 0 Å². The number of nitrogens with zero attached hydrogens (tertiary/aromatic N) is 6. The maximum Gasteiger partial charge on any atom is 0.160 e. The number of fused-ring (bicyclic) bond motifs is 5. The van der Waals surface area contributed by atoms with Gasteiger partial charge in [-0.2, -0.15) is 0 Å². The number of aromatic nitrogens is 6. The largest absolute Gasteiger partial charge is 0.292 e. The van der Waals surface area contributed by atoms with Gasteiger partial charge >= 0.3 is 0 Å². The lowest BCUT2D eigenvalue weighted by Crippen LogP contribution is -1.98. The average Bonchev–Trinajstić information content (AvgIpc) is 4.18. The fourth-order valence-electron chi connectivity index (χ4n) is 12.1. The molecule has 0 atom stereocenters. The normalized spacial score (nSPS) is 11.6. The fourth-order valence-corrected chi connectivity index (χ4v) is 12.1. The number of hydrogen-bond acceptors (Lipinski definition) is 4. The maximum atomic E-state index is 5.60. The summed E-state index contributed by atoms with van der Waals surface area (Å²) in [6.45, 7) is 0. The van der Waals surface area contributed by atoms with Crippen LogP contribution in [0.4, 0.5) is 0 Å². The van der Waals surface area contributed by atoms with Crippen molar-refractivity contribution in [2.24, 2.45) is 0 Å². The Labute approximate surface area is 485 Å². The molecule has 0 saturated carbocycles. The van der Waals surface area contributed by atoms with Crippen molar-refractivity contribution in [3.63, 3.8) is 0 Å². The zero-order valence-electron chi connectivity index (χ0n) is 45.6. The van der Waals surface area contributed by atoms with Gasteiger partial charge < -0.3 is 0 Å². The number of hydrogen-bond donors (Lipinski definition) is 0. The van der Waals surface area contributed by atoms with Gasteiger partial charge in [-0.15, -0.1) is 0 Å². The summed E-state index contributed by atoms with van der Waals surface area (Å²) in [7, 11) is 0. The first-order chi connectivity index (χ1) is 41.6. The van der Waals surface area contributed by atoms with Crippen molar-refractivity contribution < 1.29 is 0 Å². The molecule has 0 radical (unpaired) electrons. The Hall–Kier alpha value is -11.3. The number of rotatable bonds is 10. The highest BCUT2D eigenvalue weighted by Crippen LogP contribution is 2.42. The van der Waals surface area contributed by atoms with Gasteiger partial charge in [0.15, 0.2) is 5.82 Å². The number of benzene rings is 13. The zero-order chi connectivity index (χ0) is 55.5. The Morgan fingerprint density at radius 1 is 0.238 bits per heavy atom. The lowest BCUT2D eigenvalue weighted by Gasteiger charge is -2.16. The Morgan fingerprint density at radius 2 is 0.643 bits per heavy atom. The first kappa shape index (κ1) is 48.6. The summed E-state index contributed by atoms with van der Waals surface area (Å²) in [5, 5.41) is 5.72. The summed E-state index contributed by atoms with van der Waals surface area (Å²) >= 11 is 0. The van der Waals surface area contributed by atoms with Crippen LogP contribution in [-0.4, -0.2) is 29.1 Å². The van der Waals surface area contributed by atoms with Crippen LogP contribution in [0.2, 0.25) is 0 Å². The van der Waals surface area contributed by atoms with E-state index in [2.05, 4.69) is 294 Å². The van der Waals surface area contributed by atoms with E-state index in [1.54, 1.807) is 0 Å². The molecule has 0 amide bonds. The third-order valence-electron chi connectivity index (χ3n) is 16.3. The molecule has 6 heteroatoms. The minimum absolute atomic E-state index is 0.645. The zero-order valence-corrected chi connectivity index (χ0v) is 45.6. The summed E-state index contributed by atoms with van der Waals surface area (Å²) in [6.07, 6.45) is 0. The van der Waals surface area contributed by atoms with E-state index in [1.807, 2.05) is 18.2 Å². The Morgan fingerprint density at radius 3 is 1.17 bits per heavy atom. The molecule has 3 heterocycles. The first-order valence-electron chi connectivity index (χ1n) is 28.4. The average molecular weight is 1070 g/mol. The smallest absolute Gasteiger partial charge is 0.160 e. The van der Waals surface area contributed by atoms with E-state index in [0.717, 1.165) is 128 Å². The molecule has 0 bridgehead atoms. The number of imidazole rings is 2.